The molecule has 1 N–H and O–H groups in total. The monoisotopic (exact) mass is 285 g/mol. The van der Waals surface area contributed by atoms with Crippen molar-refractivity contribution in [3.05, 3.63) is 34.3 Å². The van der Waals surface area contributed by atoms with E-state index in [1.807, 2.05) is 19.1 Å². The van der Waals surface area contributed by atoms with Gasteiger partial charge in [-0.1, -0.05) is 35.0 Å². The second kappa shape index (κ2) is 7.82. The standard InChI is InChI=1S/C13H20BrNO/c1-3-8-15-10-13(16-4-2)11-6-5-7-12(14)9-11/h5-7,9,13,15H,3-4,8,10H2,1-2H3. The van der Waals surface area contributed by atoms with Gasteiger partial charge >= 0.3 is 0 Å². The Morgan fingerprint density at radius 3 is 2.81 bits per heavy atom. The van der Waals surface area contributed by atoms with Gasteiger partial charge in [-0.2, -0.15) is 0 Å². The summed E-state index contributed by atoms with van der Waals surface area (Å²) in [4.78, 5) is 0. The highest BCUT2D eigenvalue weighted by Gasteiger charge is 2.10. The zero-order valence-electron chi connectivity index (χ0n) is 10.0. The van der Waals surface area contributed by atoms with Gasteiger partial charge in [0.2, 0.25) is 0 Å². The number of rotatable bonds is 7. The molecule has 0 heterocycles. The molecule has 90 valence electrons. The fourth-order valence-electron chi connectivity index (χ4n) is 1.59. The Morgan fingerprint density at radius 2 is 2.19 bits per heavy atom. The Balaban J connectivity index is 2.61. The molecule has 0 radical (unpaired) electrons. The molecule has 0 aromatic heterocycles. The van der Waals surface area contributed by atoms with Crippen LogP contribution in [0.1, 0.15) is 31.9 Å². The Kier molecular flexibility index (Phi) is 6.69. The van der Waals surface area contributed by atoms with Crippen molar-refractivity contribution in [1.29, 1.82) is 0 Å². The third kappa shape index (κ3) is 4.64. The molecule has 1 atom stereocenters. The maximum atomic E-state index is 5.75. The fraction of sp³-hybridized carbons (Fsp3) is 0.538. The molecule has 1 rings (SSSR count). The van der Waals surface area contributed by atoms with E-state index in [4.69, 9.17) is 4.74 Å². The number of ether oxygens (including phenoxy) is 1. The molecule has 0 spiro atoms. The largest absolute Gasteiger partial charge is 0.372 e. The van der Waals surface area contributed by atoms with Crippen molar-refractivity contribution in [1.82, 2.24) is 5.32 Å². The third-order valence-electron chi connectivity index (χ3n) is 2.34. The summed E-state index contributed by atoms with van der Waals surface area (Å²) in [6, 6.07) is 8.31. The third-order valence-corrected chi connectivity index (χ3v) is 2.84. The summed E-state index contributed by atoms with van der Waals surface area (Å²) in [7, 11) is 0. The highest BCUT2D eigenvalue weighted by atomic mass is 79.9. The molecule has 1 aromatic carbocycles. The smallest absolute Gasteiger partial charge is 0.0949 e. The van der Waals surface area contributed by atoms with Crippen LogP contribution >= 0.6 is 15.9 Å². The van der Waals surface area contributed by atoms with Crippen LogP contribution in [-0.2, 0) is 4.74 Å². The summed E-state index contributed by atoms with van der Waals surface area (Å²) in [6.45, 7) is 6.85. The lowest BCUT2D eigenvalue weighted by molar-refractivity contribution is 0.0624. The van der Waals surface area contributed by atoms with Crippen LogP contribution < -0.4 is 5.32 Å². The van der Waals surface area contributed by atoms with Crippen LogP contribution in [0.2, 0.25) is 0 Å². The van der Waals surface area contributed by atoms with Crippen LogP contribution in [0.25, 0.3) is 0 Å². The minimum absolute atomic E-state index is 0.147. The van der Waals surface area contributed by atoms with E-state index in [9.17, 15) is 0 Å². The number of halogens is 1. The lowest BCUT2D eigenvalue weighted by Crippen LogP contribution is -2.24. The minimum atomic E-state index is 0.147. The van der Waals surface area contributed by atoms with E-state index in [2.05, 4.69) is 40.3 Å². The molecule has 16 heavy (non-hydrogen) atoms. The average Bonchev–Trinajstić information content (AvgIpc) is 2.28. The van der Waals surface area contributed by atoms with Crippen molar-refractivity contribution < 1.29 is 4.74 Å². The van der Waals surface area contributed by atoms with Gasteiger partial charge in [-0.15, -0.1) is 0 Å². The second-order valence-electron chi connectivity index (χ2n) is 3.70. The molecule has 0 saturated carbocycles. The molecule has 1 aromatic rings. The Hall–Kier alpha value is -0.380. The zero-order chi connectivity index (χ0) is 11.8. The summed E-state index contributed by atoms with van der Waals surface area (Å²) < 4.78 is 6.85. The van der Waals surface area contributed by atoms with Crippen molar-refractivity contribution in [2.75, 3.05) is 19.7 Å². The number of hydrogen-bond donors (Lipinski definition) is 1. The van der Waals surface area contributed by atoms with Gasteiger partial charge in [0.25, 0.3) is 0 Å². The summed E-state index contributed by atoms with van der Waals surface area (Å²) in [5.74, 6) is 0. The van der Waals surface area contributed by atoms with Crippen LogP contribution in [0.5, 0.6) is 0 Å². The fourth-order valence-corrected chi connectivity index (χ4v) is 2.01. The number of benzene rings is 1. The molecule has 0 fully saturated rings. The Bertz CT molecular complexity index is 304. The van der Waals surface area contributed by atoms with Gasteiger partial charge in [0.05, 0.1) is 6.10 Å². The minimum Gasteiger partial charge on any atom is -0.372 e. The molecule has 0 amide bonds. The van der Waals surface area contributed by atoms with Gasteiger partial charge < -0.3 is 10.1 Å². The molecule has 0 aliphatic rings. The van der Waals surface area contributed by atoms with E-state index in [0.717, 1.165) is 30.6 Å². The van der Waals surface area contributed by atoms with Crippen LogP contribution in [0, 0.1) is 0 Å². The molecule has 0 bridgehead atoms. The van der Waals surface area contributed by atoms with Gasteiger partial charge in [0.15, 0.2) is 0 Å². The number of hydrogen-bond acceptors (Lipinski definition) is 2. The normalized spacial score (nSPS) is 12.7. The molecular formula is C13H20BrNO. The molecule has 2 nitrogen and oxygen atoms in total. The molecule has 0 aliphatic carbocycles. The second-order valence-corrected chi connectivity index (χ2v) is 4.62. The first kappa shape index (κ1) is 13.7. The van der Waals surface area contributed by atoms with E-state index >= 15 is 0 Å². The van der Waals surface area contributed by atoms with E-state index in [-0.39, 0.29) is 6.10 Å². The van der Waals surface area contributed by atoms with Crippen molar-refractivity contribution in [3.63, 3.8) is 0 Å². The van der Waals surface area contributed by atoms with Gasteiger partial charge in [-0.05, 0) is 37.6 Å². The molecule has 3 heteroatoms. The first-order valence-electron chi connectivity index (χ1n) is 5.85. The summed E-state index contributed by atoms with van der Waals surface area (Å²) in [6.07, 6.45) is 1.30. The highest BCUT2D eigenvalue weighted by molar-refractivity contribution is 9.10. The summed E-state index contributed by atoms with van der Waals surface area (Å²) >= 11 is 3.49. The quantitative estimate of drug-likeness (QED) is 0.774. The van der Waals surface area contributed by atoms with E-state index < -0.39 is 0 Å². The zero-order valence-corrected chi connectivity index (χ0v) is 11.6. The van der Waals surface area contributed by atoms with E-state index in [1.54, 1.807) is 0 Å². The van der Waals surface area contributed by atoms with Crippen molar-refractivity contribution in [2.24, 2.45) is 0 Å². The Labute approximate surface area is 107 Å². The van der Waals surface area contributed by atoms with Crippen LogP contribution in [0.15, 0.2) is 28.7 Å². The first-order valence-corrected chi connectivity index (χ1v) is 6.65. The molecule has 0 aliphatic heterocycles. The van der Waals surface area contributed by atoms with Gasteiger partial charge in [-0.3, -0.25) is 0 Å². The molecule has 1 unspecified atom stereocenters. The van der Waals surface area contributed by atoms with Crippen molar-refractivity contribution in [2.45, 2.75) is 26.4 Å². The van der Waals surface area contributed by atoms with E-state index in [0.29, 0.717) is 0 Å². The van der Waals surface area contributed by atoms with Crippen molar-refractivity contribution in [3.8, 4) is 0 Å². The maximum absolute atomic E-state index is 5.75. The molecular weight excluding hydrogens is 266 g/mol. The van der Waals surface area contributed by atoms with Crippen LogP contribution in [0.4, 0.5) is 0 Å². The predicted molar refractivity (Wildman–Crippen MR) is 71.7 cm³/mol. The lowest BCUT2D eigenvalue weighted by Gasteiger charge is -2.18. The number of nitrogens with one attached hydrogen (secondary N) is 1. The van der Waals surface area contributed by atoms with Crippen LogP contribution in [-0.4, -0.2) is 19.7 Å². The molecule has 0 saturated heterocycles. The topological polar surface area (TPSA) is 21.3 Å². The van der Waals surface area contributed by atoms with Gasteiger partial charge in [0, 0.05) is 17.6 Å². The van der Waals surface area contributed by atoms with Gasteiger partial charge in [-0.25, -0.2) is 0 Å². The lowest BCUT2D eigenvalue weighted by atomic mass is 10.1. The first-order chi connectivity index (χ1) is 7.77. The highest BCUT2D eigenvalue weighted by Crippen LogP contribution is 2.20. The van der Waals surface area contributed by atoms with Crippen molar-refractivity contribution >= 4 is 15.9 Å². The van der Waals surface area contributed by atoms with Gasteiger partial charge in [0.1, 0.15) is 0 Å². The van der Waals surface area contributed by atoms with Crippen LogP contribution in [0.3, 0.4) is 0 Å². The maximum Gasteiger partial charge on any atom is 0.0949 e. The summed E-state index contributed by atoms with van der Waals surface area (Å²) in [5.41, 5.74) is 1.22. The van der Waals surface area contributed by atoms with E-state index in [1.165, 1.54) is 5.56 Å². The average molecular weight is 286 g/mol. The Morgan fingerprint density at radius 1 is 1.38 bits per heavy atom. The predicted octanol–water partition coefficient (Wildman–Crippen LogP) is 3.53. The summed E-state index contributed by atoms with van der Waals surface area (Å²) in [5, 5.41) is 3.40. The SMILES string of the molecule is CCCNCC(OCC)c1cccc(Br)c1.